The summed E-state index contributed by atoms with van der Waals surface area (Å²) in [4.78, 5) is 10.9. The van der Waals surface area contributed by atoms with Crippen molar-refractivity contribution in [3.63, 3.8) is 0 Å². The average Bonchev–Trinajstić information content (AvgIpc) is 2.28. The van der Waals surface area contributed by atoms with Crippen LogP contribution in [-0.4, -0.2) is 45.2 Å². The Labute approximate surface area is 119 Å². The molecule has 1 rings (SSSR count). The molecule has 19 heavy (non-hydrogen) atoms. The van der Waals surface area contributed by atoms with Crippen molar-refractivity contribution in [3.8, 4) is 11.5 Å². The molecule has 0 amide bonds. The second kappa shape index (κ2) is 6.25. The van der Waals surface area contributed by atoms with E-state index in [1.54, 1.807) is 0 Å². The highest BCUT2D eigenvalue weighted by Gasteiger charge is 2.15. The lowest BCUT2D eigenvalue weighted by atomic mass is 10.2. The molecule has 106 valence electrons. The SMILES string of the molecule is COc1cc(C(=O)O)cc(Br)c1OCCS(C)(=O)=O. The molecular weight excluding hydrogens is 340 g/mol. The van der Waals surface area contributed by atoms with Crippen molar-refractivity contribution < 1.29 is 27.8 Å². The van der Waals surface area contributed by atoms with E-state index < -0.39 is 15.8 Å². The Bertz CT molecular complexity index is 581. The molecule has 0 saturated carbocycles. The van der Waals surface area contributed by atoms with Gasteiger partial charge in [-0.05, 0) is 28.1 Å². The molecule has 1 N–H and O–H groups in total. The number of aromatic carboxylic acids is 1. The Morgan fingerprint density at radius 3 is 2.53 bits per heavy atom. The van der Waals surface area contributed by atoms with Gasteiger partial charge in [-0.15, -0.1) is 0 Å². The monoisotopic (exact) mass is 352 g/mol. The number of sulfone groups is 1. The van der Waals surface area contributed by atoms with Crippen LogP contribution in [0.3, 0.4) is 0 Å². The lowest BCUT2D eigenvalue weighted by molar-refractivity contribution is 0.0696. The van der Waals surface area contributed by atoms with Crippen molar-refractivity contribution in [2.75, 3.05) is 25.7 Å². The van der Waals surface area contributed by atoms with E-state index in [0.29, 0.717) is 4.47 Å². The van der Waals surface area contributed by atoms with Crippen LogP contribution in [0.5, 0.6) is 11.5 Å². The predicted molar refractivity (Wildman–Crippen MR) is 72.9 cm³/mol. The minimum absolute atomic E-state index is 0.0409. The zero-order valence-electron chi connectivity index (χ0n) is 10.3. The number of hydrogen-bond acceptors (Lipinski definition) is 5. The highest BCUT2D eigenvalue weighted by atomic mass is 79.9. The Hall–Kier alpha value is -1.28. The van der Waals surface area contributed by atoms with Crippen molar-refractivity contribution in [2.45, 2.75) is 0 Å². The summed E-state index contributed by atoms with van der Waals surface area (Å²) in [6.45, 7) is -0.0415. The number of methoxy groups -OCH3 is 1. The normalized spacial score (nSPS) is 11.1. The smallest absolute Gasteiger partial charge is 0.335 e. The van der Waals surface area contributed by atoms with Gasteiger partial charge in [-0.2, -0.15) is 0 Å². The van der Waals surface area contributed by atoms with Gasteiger partial charge in [0.2, 0.25) is 0 Å². The van der Waals surface area contributed by atoms with Crippen molar-refractivity contribution in [2.24, 2.45) is 0 Å². The van der Waals surface area contributed by atoms with E-state index in [1.807, 2.05) is 0 Å². The molecule has 1 aromatic rings. The largest absolute Gasteiger partial charge is 0.493 e. The number of carboxylic acids is 1. The lowest BCUT2D eigenvalue weighted by Crippen LogP contribution is -2.13. The second-order valence-electron chi connectivity index (χ2n) is 3.77. The first-order valence-electron chi connectivity index (χ1n) is 5.16. The minimum atomic E-state index is -3.12. The fourth-order valence-corrected chi connectivity index (χ4v) is 2.22. The van der Waals surface area contributed by atoms with Crippen LogP contribution in [0, 0.1) is 0 Å². The highest BCUT2D eigenvalue weighted by Crippen LogP contribution is 2.36. The maximum Gasteiger partial charge on any atom is 0.335 e. The van der Waals surface area contributed by atoms with Crippen molar-refractivity contribution in [3.05, 3.63) is 22.2 Å². The van der Waals surface area contributed by atoms with Crippen LogP contribution >= 0.6 is 15.9 Å². The Balaban J connectivity index is 2.97. The molecule has 0 spiro atoms. The first-order chi connectivity index (χ1) is 8.74. The molecule has 0 saturated heterocycles. The van der Waals surface area contributed by atoms with Gasteiger partial charge >= 0.3 is 5.97 Å². The quantitative estimate of drug-likeness (QED) is 0.835. The number of rotatable bonds is 6. The van der Waals surface area contributed by atoms with E-state index in [2.05, 4.69) is 15.9 Å². The first kappa shape index (κ1) is 15.8. The number of ether oxygens (including phenoxy) is 2. The van der Waals surface area contributed by atoms with Crippen molar-refractivity contribution in [1.29, 1.82) is 0 Å². The summed E-state index contributed by atoms with van der Waals surface area (Å²) in [7, 11) is -1.75. The molecule has 8 heteroatoms. The maximum atomic E-state index is 11.0. The van der Waals surface area contributed by atoms with Crippen LogP contribution in [0.4, 0.5) is 0 Å². The molecule has 0 bridgehead atoms. The highest BCUT2D eigenvalue weighted by molar-refractivity contribution is 9.10. The number of hydrogen-bond donors (Lipinski definition) is 1. The zero-order valence-corrected chi connectivity index (χ0v) is 12.7. The van der Waals surface area contributed by atoms with Gasteiger partial charge in [0.05, 0.1) is 22.9 Å². The third-order valence-electron chi connectivity index (χ3n) is 2.18. The molecule has 0 aromatic heterocycles. The summed E-state index contributed by atoms with van der Waals surface area (Å²) >= 11 is 3.17. The van der Waals surface area contributed by atoms with E-state index in [9.17, 15) is 13.2 Å². The van der Waals surface area contributed by atoms with Crippen LogP contribution in [0.15, 0.2) is 16.6 Å². The van der Waals surface area contributed by atoms with Gasteiger partial charge in [0, 0.05) is 6.26 Å². The van der Waals surface area contributed by atoms with Gasteiger partial charge in [0.25, 0.3) is 0 Å². The van der Waals surface area contributed by atoms with E-state index in [4.69, 9.17) is 14.6 Å². The van der Waals surface area contributed by atoms with Crippen LogP contribution in [0.1, 0.15) is 10.4 Å². The van der Waals surface area contributed by atoms with E-state index in [1.165, 1.54) is 19.2 Å². The number of carbonyl (C=O) groups is 1. The fourth-order valence-electron chi connectivity index (χ4n) is 1.28. The van der Waals surface area contributed by atoms with Gasteiger partial charge in [0.1, 0.15) is 6.61 Å². The molecule has 0 atom stereocenters. The number of carboxylic acid groups (broad SMARTS) is 1. The topological polar surface area (TPSA) is 89.9 Å². The second-order valence-corrected chi connectivity index (χ2v) is 6.89. The maximum absolute atomic E-state index is 11.0. The van der Waals surface area contributed by atoms with E-state index >= 15 is 0 Å². The summed E-state index contributed by atoms with van der Waals surface area (Å²) in [5.74, 6) is -0.735. The van der Waals surface area contributed by atoms with Crippen LogP contribution in [0.2, 0.25) is 0 Å². The molecule has 0 aliphatic rings. The van der Waals surface area contributed by atoms with Crippen molar-refractivity contribution >= 4 is 31.7 Å². The number of halogens is 1. The molecule has 0 aliphatic carbocycles. The number of benzene rings is 1. The molecule has 0 heterocycles. The first-order valence-corrected chi connectivity index (χ1v) is 8.01. The molecule has 1 aromatic carbocycles. The zero-order chi connectivity index (χ0) is 14.6. The van der Waals surface area contributed by atoms with Crippen LogP contribution < -0.4 is 9.47 Å². The summed E-state index contributed by atoms with van der Waals surface area (Å²) in [5, 5.41) is 8.91. The van der Waals surface area contributed by atoms with Crippen molar-refractivity contribution in [1.82, 2.24) is 0 Å². The molecule has 0 aliphatic heterocycles. The molecule has 0 fully saturated rings. The van der Waals surface area contributed by atoms with E-state index in [0.717, 1.165) is 6.26 Å². The third kappa shape index (κ3) is 4.71. The average molecular weight is 353 g/mol. The summed E-state index contributed by atoms with van der Waals surface area (Å²) < 4.78 is 32.8. The Kier molecular flexibility index (Phi) is 5.19. The van der Waals surface area contributed by atoms with Gasteiger partial charge < -0.3 is 14.6 Å². The fraction of sp³-hybridized carbons (Fsp3) is 0.364. The van der Waals surface area contributed by atoms with Gasteiger partial charge in [-0.3, -0.25) is 0 Å². The standard InChI is InChI=1S/C11H13BrO6S/c1-17-9-6-7(11(13)14)5-8(12)10(9)18-3-4-19(2,15)16/h5-6H,3-4H2,1-2H3,(H,13,14). The minimum Gasteiger partial charge on any atom is -0.493 e. The summed E-state index contributed by atoms with van der Waals surface area (Å²) in [6.07, 6.45) is 1.11. The molecule has 0 unspecified atom stereocenters. The summed E-state index contributed by atoms with van der Waals surface area (Å²) in [6, 6.07) is 2.67. The predicted octanol–water partition coefficient (Wildman–Crippen LogP) is 1.58. The molecular formula is C11H13BrO6S. The Morgan fingerprint density at radius 1 is 1.42 bits per heavy atom. The Morgan fingerprint density at radius 2 is 2.05 bits per heavy atom. The molecule has 6 nitrogen and oxygen atoms in total. The van der Waals surface area contributed by atoms with Crippen LogP contribution in [-0.2, 0) is 9.84 Å². The third-order valence-corrected chi connectivity index (χ3v) is 3.67. The molecule has 0 radical (unpaired) electrons. The summed E-state index contributed by atoms with van der Waals surface area (Å²) in [5.41, 5.74) is 0.0409. The van der Waals surface area contributed by atoms with Crippen LogP contribution in [0.25, 0.3) is 0 Å². The van der Waals surface area contributed by atoms with Gasteiger partial charge in [-0.1, -0.05) is 0 Å². The van der Waals surface area contributed by atoms with Gasteiger partial charge in [-0.25, -0.2) is 13.2 Å². The van der Waals surface area contributed by atoms with E-state index in [-0.39, 0.29) is 29.4 Å². The lowest BCUT2D eigenvalue weighted by Gasteiger charge is -2.13. The van der Waals surface area contributed by atoms with Gasteiger partial charge in [0.15, 0.2) is 21.3 Å².